The number of hydrogen-bond donors (Lipinski definition) is 1. The summed E-state index contributed by atoms with van der Waals surface area (Å²) in [6.45, 7) is 1.86. The molecular formula is C32H28N2O6. The summed E-state index contributed by atoms with van der Waals surface area (Å²) in [4.78, 5) is 43.7. The number of aryl methyl sites for hydroxylation is 1. The van der Waals surface area contributed by atoms with Crippen molar-refractivity contribution in [2.45, 2.75) is 32.4 Å². The smallest absolute Gasteiger partial charge is 0.340 e. The lowest BCUT2D eigenvalue weighted by atomic mass is 9.96. The lowest BCUT2D eigenvalue weighted by Gasteiger charge is -2.33. The topological polar surface area (TPSA) is 102 Å². The summed E-state index contributed by atoms with van der Waals surface area (Å²) in [5.41, 5.74) is 5.34. The maximum Gasteiger partial charge on any atom is 0.340 e. The number of benzene rings is 3. The fourth-order valence-electron chi connectivity index (χ4n) is 5.51. The summed E-state index contributed by atoms with van der Waals surface area (Å²) in [5, 5.41) is 1.84. The van der Waals surface area contributed by atoms with E-state index in [4.69, 9.17) is 13.9 Å². The Hall–Kier alpha value is -4.85. The van der Waals surface area contributed by atoms with Gasteiger partial charge in [-0.25, -0.2) is 9.59 Å². The van der Waals surface area contributed by atoms with Gasteiger partial charge in [0, 0.05) is 46.5 Å². The number of carbonyl (C=O) groups is 2. The van der Waals surface area contributed by atoms with Crippen LogP contribution < -0.4 is 10.4 Å². The van der Waals surface area contributed by atoms with Crippen LogP contribution in [0.25, 0.3) is 21.9 Å². The van der Waals surface area contributed by atoms with E-state index in [-0.39, 0.29) is 19.1 Å². The third-order valence-corrected chi connectivity index (χ3v) is 7.64. The summed E-state index contributed by atoms with van der Waals surface area (Å²) in [6.07, 6.45) is 0.830. The predicted octanol–water partition coefficient (Wildman–Crippen LogP) is 4.68. The fraction of sp³-hybridized carbons (Fsp3) is 0.219. The number of para-hydroxylation sites is 1. The molecule has 6 rings (SSSR count). The Kier molecular flexibility index (Phi) is 6.59. The van der Waals surface area contributed by atoms with E-state index < -0.39 is 17.6 Å². The lowest BCUT2D eigenvalue weighted by molar-refractivity contribution is -0.154. The van der Waals surface area contributed by atoms with E-state index in [1.807, 2.05) is 67.6 Å². The summed E-state index contributed by atoms with van der Waals surface area (Å²) >= 11 is 0. The zero-order chi connectivity index (χ0) is 27.8. The average Bonchev–Trinajstić information content (AvgIpc) is 3.35. The number of aromatic nitrogens is 1. The van der Waals surface area contributed by atoms with Gasteiger partial charge in [0.15, 0.2) is 6.61 Å². The number of amides is 1. The van der Waals surface area contributed by atoms with Crippen LogP contribution in [0.2, 0.25) is 0 Å². The molecule has 1 aliphatic rings. The molecule has 1 amide bonds. The van der Waals surface area contributed by atoms with E-state index in [0.717, 1.165) is 38.7 Å². The second kappa shape index (κ2) is 10.4. The normalized spacial score (nSPS) is 14.8. The van der Waals surface area contributed by atoms with Crippen molar-refractivity contribution in [1.82, 2.24) is 9.88 Å². The largest absolute Gasteiger partial charge is 0.484 e. The molecule has 8 heteroatoms. The molecule has 202 valence electrons. The van der Waals surface area contributed by atoms with E-state index in [9.17, 15) is 14.4 Å². The zero-order valence-electron chi connectivity index (χ0n) is 22.2. The van der Waals surface area contributed by atoms with Crippen LogP contribution in [0.1, 0.15) is 27.9 Å². The molecule has 8 nitrogen and oxygen atoms in total. The van der Waals surface area contributed by atoms with Crippen LogP contribution in [0.4, 0.5) is 0 Å². The molecule has 2 aromatic heterocycles. The Morgan fingerprint density at radius 3 is 2.60 bits per heavy atom. The van der Waals surface area contributed by atoms with Crippen LogP contribution in [0.3, 0.4) is 0 Å². The van der Waals surface area contributed by atoms with Crippen molar-refractivity contribution in [2.24, 2.45) is 0 Å². The maximum atomic E-state index is 13.3. The van der Waals surface area contributed by atoms with Crippen molar-refractivity contribution in [3.05, 3.63) is 111 Å². The van der Waals surface area contributed by atoms with E-state index in [0.29, 0.717) is 29.7 Å². The molecule has 0 fully saturated rings. The minimum atomic E-state index is -0.756. The van der Waals surface area contributed by atoms with E-state index >= 15 is 0 Å². The van der Waals surface area contributed by atoms with E-state index in [1.165, 1.54) is 12.0 Å². The molecule has 0 saturated carbocycles. The van der Waals surface area contributed by atoms with Crippen LogP contribution in [-0.4, -0.2) is 41.5 Å². The Balaban J connectivity index is 1.22. The van der Waals surface area contributed by atoms with Crippen molar-refractivity contribution < 1.29 is 23.5 Å². The van der Waals surface area contributed by atoms with Gasteiger partial charge in [-0.2, -0.15) is 0 Å². The van der Waals surface area contributed by atoms with Gasteiger partial charge in [0.1, 0.15) is 17.4 Å². The summed E-state index contributed by atoms with van der Waals surface area (Å²) in [7, 11) is 1.32. The molecule has 1 aliphatic heterocycles. The molecule has 1 N–H and O–H groups in total. The third kappa shape index (κ3) is 4.62. The van der Waals surface area contributed by atoms with Crippen LogP contribution >= 0.6 is 0 Å². The zero-order valence-corrected chi connectivity index (χ0v) is 22.2. The quantitative estimate of drug-likeness (QED) is 0.250. The van der Waals surface area contributed by atoms with Gasteiger partial charge >= 0.3 is 11.6 Å². The first-order valence-electron chi connectivity index (χ1n) is 13.1. The van der Waals surface area contributed by atoms with Crippen molar-refractivity contribution in [3.63, 3.8) is 0 Å². The van der Waals surface area contributed by atoms with Gasteiger partial charge in [-0.1, -0.05) is 48.5 Å². The molecule has 0 saturated heterocycles. The standard InChI is InChI=1S/C32H28N2O6/c1-19-22-13-12-21(15-29(22)40-31(36)24(19)14-20-8-4-3-5-9-20)39-18-30(35)34-17-27-25(16-28(34)32(37)38-2)23-10-6-7-11-26(23)33-27/h3-13,15,28,33H,14,16-18H2,1-2H3/t28-/m0/s1. The van der Waals surface area contributed by atoms with Gasteiger partial charge in [0.2, 0.25) is 0 Å². The molecule has 5 aromatic rings. The number of methoxy groups -OCH3 is 1. The van der Waals surface area contributed by atoms with Gasteiger partial charge < -0.3 is 23.8 Å². The van der Waals surface area contributed by atoms with Crippen LogP contribution in [0.5, 0.6) is 5.75 Å². The number of nitrogens with one attached hydrogen (secondary N) is 1. The summed E-state index contributed by atoms with van der Waals surface area (Å²) < 4.78 is 16.5. The summed E-state index contributed by atoms with van der Waals surface area (Å²) in [6, 6.07) is 22.1. The van der Waals surface area contributed by atoms with Crippen LogP contribution in [-0.2, 0) is 33.7 Å². The van der Waals surface area contributed by atoms with Gasteiger partial charge in [0.25, 0.3) is 5.91 Å². The number of carbonyl (C=O) groups excluding carboxylic acids is 2. The molecule has 40 heavy (non-hydrogen) atoms. The molecule has 0 unspecified atom stereocenters. The molecule has 0 radical (unpaired) electrons. The first kappa shape index (κ1) is 25.4. The van der Waals surface area contributed by atoms with Crippen LogP contribution in [0, 0.1) is 6.92 Å². The number of fused-ring (bicyclic) bond motifs is 4. The predicted molar refractivity (Wildman–Crippen MR) is 150 cm³/mol. The van der Waals surface area contributed by atoms with Crippen molar-refractivity contribution >= 4 is 33.7 Å². The number of aromatic amines is 1. The number of H-pyrrole nitrogens is 1. The Labute approximate surface area is 230 Å². The highest BCUT2D eigenvalue weighted by Gasteiger charge is 2.37. The first-order chi connectivity index (χ1) is 19.4. The molecule has 3 aromatic carbocycles. The maximum absolute atomic E-state index is 13.3. The second-order valence-electron chi connectivity index (χ2n) is 9.99. The Morgan fingerprint density at radius 2 is 1.80 bits per heavy atom. The molecule has 0 bridgehead atoms. The summed E-state index contributed by atoms with van der Waals surface area (Å²) in [5.74, 6) is -0.439. The van der Waals surface area contributed by atoms with Crippen molar-refractivity contribution in [3.8, 4) is 5.75 Å². The van der Waals surface area contributed by atoms with Gasteiger partial charge in [-0.05, 0) is 41.8 Å². The number of rotatable bonds is 6. The molecule has 0 spiro atoms. The number of hydrogen-bond acceptors (Lipinski definition) is 6. The monoisotopic (exact) mass is 536 g/mol. The molecule has 3 heterocycles. The van der Waals surface area contributed by atoms with Gasteiger partial charge in [0.05, 0.1) is 13.7 Å². The first-order valence-corrected chi connectivity index (χ1v) is 13.1. The number of ether oxygens (including phenoxy) is 2. The average molecular weight is 537 g/mol. The Bertz CT molecular complexity index is 1800. The van der Waals surface area contributed by atoms with Gasteiger partial charge in [-0.15, -0.1) is 0 Å². The van der Waals surface area contributed by atoms with Crippen molar-refractivity contribution in [2.75, 3.05) is 13.7 Å². The Morgan fingerprint density at radius 1 is 1.02 bits per heavy atom. The molecule has 1 atom stereocenters. The highest BCUT2D eigenvalue weighted by molar-refractivity contribution is 5.90. The van der Waals surface area contributed by atoms with Crippen LogP contribution in [0.15, 0.2) is 82.0 Å². The minimum absolute atomic E-state index is 0.238. The second-order valence-corrected chi connectivity index (χ2v) is 9.99. The number of esters is 1. The number of nitrogens with zero attached hydrogens (tertiary/aromatic N) is 1. The lowest BCUT2D eigenvalue weighted by Crippen LogP contribution is -2.50. The minimum Gasteiger partial charge on any atom is -0.484 e. The molecule has 0 aliphatic carbocycles. The highest BCUT2D eigenvalue weighted by atomic mass is 16.5. The molecular weight excluding hydrogens is 508 g/mol. The highest BCUT2D eigenvalue weighted by Crippen LogP contribution is 2.31. The third-order valence-electron chi connectivity index (χ3n) is 7.64. The van der Waals surface area contributed by atoms with Gasteiger partial charge in [-0.3, -0.25) is 4.79 Å². The fourth-order valence-corrected chi connectivity index (χ4v) is 5.51. The van der Waals surface area contributed by atoms with E-state index in [2.05, 4.69) is 4.98 Å². The SMILES string of the molecule is COC(=O)[C@@H]1Cc2c([nH]c3ccccc23)CN1C(=O)COc1ccc2c(C)c(Cc3ccccc3)c(=O)oc2c1. The van der Waals surface area contributed by atoms with Crippen molar-refractivity contribution in [1.29, 1.82) is 0 Å². The van der Waals surface area contributed by atoms with E-state index in [1.54, 1.807) is 12.1 Å².